The lowest BCUT2D eigenvalue weighted by atomic mass is 9.99. The second-order valence-electron chi connectivity index (χ2n) is 4.57. The average Bonchev–Trinajstić information content (AvgIpc) is 2.39. The molecule has 19 heavy (non-hydrogen) atoms. The molecule has 0 saturated carbocycles. The van der Waals surface area contributed by atoms with Gasteiger partial charge in [-0.15, -0.1) is 0 Å². The zero-order valence-electron chi connectivity index (χ0n) is 10.9. The van der Waals surface area contributed by atoms with Crippen LogP contribution in [0.3, 0.4) is 0 Å². The molecule has 0 saturated heterocycles. The van der Waals surface area contributed by atoms with Crippen molar-refractivity contribution in [2.75, 3.05) is 7.05 Å². The van der Waals surface area contributed by atoms with Crippen molar-refractivity contribution >= 4 is 15.9 Å². The molecule has 0 fully saturated rings. The molecule has 0 heterocycles. The predicted molar refractivity (Wildman–Crippen MR) is 80.7 cm³/mol. The molecule has 0 aliphatic rings. The zero-order valence-corrected chi connectivity index (χ0v) is 12.5. The van der Waals surface area contributed by atoms with E-state index in [0.29, 0.717) is 6.04 Å². The molecule has 2 aromatic carbocycles. The highest BCUT2D eigenvalue weighted by atomic mass is 79.9. The maximum Gasteiger partial charge on any atom is 0.124 e. The lowest BCUT2D eigenvalue weighted by Crippen LogP contribution is -2.17. The van der Waals surface area contributed by atoms with Crippen LogP contribution in [0.15, 0.2) is 53.0 Å². The number of rotatable bonds is 5. The van der Waals surface area contributed by atoms with E-state index in [9.17, 15) is 4.39 Å². The van der Waals surface area contributed by atoms with E-state index >= 15 is 0 Å². The highest BCUT2D eigenvalue weighted by molar-refractivity contribution is 9.10. The van der Waals surface area contributed by atoms with E-state index < -0.39 is 0 Å². The molecule has 100 valence electrons. The fraction of sp³-hybridized carbons (Fsp3) is 0.250. The first-order valence-electron chi connectivity index (χ1n) is 6.36. The standard InChI is InChI=1S/C16H17BrFN/c1-19-16(13-5-3-2-4-6-13)8-7-12-9-14(17)11-15(18)10-12/h2-6,9-11,16,19H,7-8H2,1H3. The van der Waals surface area contributed by atoms with Gasteiger partial charge in [-0.25, -0.2) is 4.39 Å². The van der Waals surface area contributed by atoms with Gasteiger partial charge in [-0.1, -0.05) is 46.3 Å². The van der Waals surface area contributed by atoms with Crippen molar-refractivity contribution in [3.8, 4) is 0 Å². The first kappa shape index (κ1) is 14.2. The summed E-state index contributed by atoms with van der Waals surface area (Å²) in [6.07, 6.45) is 1.78. The van der Waals surface area contributed by atoms with Gasteiger partial charge in [0.15, 0.2) is 0 Å². The summed E-state index contributed by atoms with van der Waals surface area (Å²) in [4.78, 5) is 0. The highest BCUT2D eigenvalue weighted by Crippen LogP contribution is 2.21. The molecule has 1 unspecified atom stereocenters. The average molecular weight is 322 g/mol. The van der Waals surface area contributed by atoms with Gasteiger partial charge in [0, 0.05) is 10.5 Å². The summed E-state index contributed by atoms with van der Waals surface area (Å²) in [7, 11) is 1.96. The Labute approximate surface area is 122 Å². The molecule has 1 nitrogen and oxygen atoms in total. The molecular formula is C16H17BrFN. The molecule has 0 aromatic heterocycles. The highest BCUT2D eigenvalue weighted by Gasteiger charge is 2.09. The van der Waals surface area contributed by atoms with Gasteiger partial charge in [0.2, 0.25) is 0 Å². The Bertz CT molecular complexity index is 507. The number of aryl methyl sites for hydroxylation is 1. The largest absolute Gasteiger partial charge is 0.313 e. The van der Waals surface area contributed by atoms with Gasteiger partial charge in [0.05, 0.1) is 0 Å². The van der Waals surface area contributed by atoms with Crippen molar-refractivity contribution in [3.05, 3.63) is 69.9 Å². The molecule has 3 heteroatoms. The SMILES string of the molecule is CNC(CCc1cc(F)cc(Br)c1)c1ccccc1. The third-order valence-corrected chi connectivity index (χ3v) is 3.65. The van der Waals surface area contributed by atoms with Crippen molar-refractivity contribution in [3.63, 3.8) is 0 Å². The lowest BCUT2D eigenvalue weighted by molar-refractivity contribution is 0.547. The first-order chi connectivity index (χ1) is 9.19. The lowest BCUT2D eigenvalue weighted by Gasteiger charge is -2.16. The second kappa shape index (κ2) is 6.83. The molecule has 0 spiro atoms. The number of halogens is 2. The van der Waals surface area contributed by atoms with Crippen LogP contribution in [0.1, 0.15) is 23.6 Å². The van der Waals surface area contributed by atoms with Crippen LogP contribution in [-0.4, -0.2) is 7.05 Å². The van der Waals surface area contributed by atoms with Crippen LogP contribution < -0.4 is 5.32 Å². The Morgan fingerprint density at radius 2 is 1.89 bits per heavy atom. The molecule has 0 amide bonds. The Hall–Kier alpha value is -1.19. The Morgan fingerprint density at radius 3 is 2.53 bits per heavy atom. The van der Waals surface area contributed by atoms with E-state index in [4.69, 9.17) is 0 Å². The van der Waals surface area contributed by atoms with Crippen molar-refractivity contribution in [2.45, 2.75) is 18.9 Å². The van der Waals surface area contributed by atoms with Gasteiger partial charge in [-0.2, -0.15) is 0 Å². The first-order valence-corrected chi connectivity index (χ1v) is 7.15. The summed E-state index contributed by atoms with van der Waals surface area (Å²) < 4.78 is 14.1. The number of nitrogens with one attached hydrogen (secondary N) is 1. The smallest absolute Gasteiger partial charge is 0.124 e. The van der Waals surface area contributed by atoms with Gasteiger partial charge in [-0.3, -0.25) is 0 Å². The summed E-state index contributed by atoms with van der Waals surface area (Å²) in [6.45, 7) is 0. The summed E-state index contributed by atoms with van der Waals surface area (Å²) in [5.74, 6) is -0.190. The normalized spacial score (nSPS) is 12.4. The topological polar surface area (TPSA) is 12.0 Å². The van der Waals surface area contributed by atoms with Crippen LogP contribution in [0.4, 0.5) is 4.39 Å². The van der Waals surface area contributed by atoms with Gasteiger partial charge >= 0.3 is 0 Å². The number of hydrogen-bond acceptors (Lipinski definition) is 1. The van der Waals surface area contributed by atoms with Gasteiger partial charge < -0.3 is 5.32 Å². The van der Waals surface area contributed by atoms with Crippen molar-refractivity contribution in [1.29, 1.82) is 0 Å². The van der Waals surface area contributed by atoms with E-state index in [1.807, 2.05) is 31.3 Å². The summed E-state index contributed by atoms with van der Waals surface area (Å²) in [5.41, 5.74) is 2.28. The number of benzene rings is 2. The van der Waals surface area contributed by atoms with Gasteiger partial charge in [-0.05, 0) is 49.2 Å². The molecule has 0 radical (unpaired) electrons. The van der Waals surface area contributed by atoms with Crippen LogP contribution in [-0.2, 0) is 6.42 Å². The van der Waals surface area contributed by atoms with Crippen LogP contribution >= 0.6 is 15.9 Å². The van der Waals surface area contributed by atoms with Gasteiger partial charge in [0.25, 0.3) is 0 Å². The molecule has 2 rings (SSSR count). The molecule has 1 N–H and O–H groups in total. The van der Waals surface area contributed by atoms with Crippen molar-refractivity contribution in [1.82, 2.24) is 5.32 Å². The van der Waals surface area contributed by atoms with Crippen LogP contribution in [0.25, 0.3) is 0 Å². The zero-order chi connectivity index (χ0) is 13.7. The minimum Gasteiger partial charge on any atom is -0.313 e. The Balaban J connectivity index is 2.04. The quantitative estimate of drug-likeness (QED) is 0.856. The van der Waals surface area contributed by atoms with E-state index in [2.05, 4.69) is 33.4 Å². The number of hydrogen-bond donors (Lipinski definition) is 1. The Kier molecular flexibility index (Phi) is 5.11. The fourth-order valence-electron chi connectivity index (χ4n) is 2.23. The van der Waals surface area contributed by atoms with Crippen molar-refractivity contribution < 1.29 is 4.39 Å². The molecular weight excluding hydrogens is 305 g/mol. The summed E-state index contributed by atoms with van der Waals surface area (Å²) in [6, 6.07) is 15.7. The van der Waals surface area contributed by atoms with E-state index in [1.165, 1.54) is 11.6 Å². The molecule has 0 bridgehead atoms. The minimum atomic E-state index is -0.190. The molecule has 0 aliphatic heterocycles. The third kappa shape index (κ3) is 4.15. The predicted octanol–water partition coefficient (Wildman–Crippen LogP) is 4.48. The summed E-state index contributed by atoms with van der Waals surface area (Å²) >= 11 is 3.33. The second-order valence-corrected chi connectivity index (χ2v) is 5.48. The van der Waals surface area contributed by atoms with Crippen molar-refractivity contribution in [2.24, 2.45) is 0 Å². The maximum atomic E-state index is 13.3. The summed E-state index contributed by atoms with van der Waals surface area (Å²) in [5, 5.41) is 3.31. The maximum absolute atomic E-state index is 13.3. The Morgan fingerprint density at radius 1 is 1.16 bits per heavy atom. The van der Waals surface area contributed by atoms with Crippen LogP contribution in [0.5, 0.6) is 0 Å². The monoisotopic (exact) mass is 321 g/mol. The van der Waals surface area contributed by atoms with Gasteiger partial charge in [0.1, 0.15) is 5.82 Å². The molecule has 1 atom stereocenters. The third-order valence-electron chi connectivity index (χ3n) is 3.19. The van der Waals surface area contributed by atoms with E-state index in [0.717, 1.165) is 22.9 Å². The minimum absolute atomic E-state index is 0.190. The van der Waals surface area contributed by atoms with E-state index in [-0.39, 0.29) is 5.82 Å². The van der Waals surface area contributed by atoms with E-state index in [1.54, 1.807) is 6.07 Å². The molecule has 2 aromatic rings. The van der Waals surface area contributed by atoms with Crippen LogP contribution in [0.2, 0.25) is 0 Å². The fourth-order valence-corrected chi connectivity index (χ4v) is 2.74. The van der Waals surface area contributed by atoms with Crippen LogP contribution in [0, 0.1) is 5.82 Å². The molecule has 0 aliphatic carbocycles.